The molecule has 166 valence electrons. The number of carbonyl (C=O) groups is 1. The van der Waals surface area contributed by atoms with Crippen LogP contribution in [0.15, 0.2) is 42.6 Å². The number of nitrogens with zero attached hydrogens (tertiary/aromatic N) is 5. The molecule has 1 aromatic carbocycles. The Balaban J connectivity index is 1.32. The average molecular weight is 436 g/mol. The van der Waals surface area contributed by atoms with Gasteiger partial charge in [-0.1, -0.05) is 0 Å². The normalized spacial score (nSPS) is 14.8. The summed E-state index contributed by atoms with van der Waals surface area (Å²) in [5, 5.41) is 5.92. The van der Waals surface area contributed by atoms with E-state index in [0.717, 1.165) is 31.5 Å². The number of amides is 1. The number of hydrogen-bond acceptors (Lipinski definition) is 8. The molecular weight excluding hydrogens is 411 g/mol. The van der Waals surface area contributed by atoms with Gasteiger partial charge in [0.15, 0.2) is 0 Å². The second-order valence-electron chi connectivity index (χ2n) is 7.82. The minimum atomic E-state index is -0.321. The Labute approximate surface area is 185 Å². The number of rotatable bonds is 6. The smallest absolute Gasteiger partial charge is 0.232 e. The summed E-state index contributed by atoms with van der Waals surface area (Å²) >= 11 is 0. The number of nitrogens with one attached hydrogen (secondary N) is 2. The van der Waals surface area contributed by atoms with E-state index in [1.807, 2.05) is 19.1 Å². The van der Waals surface area contributed by atoms with Gasteiger partial charge in [-0.05, 0) is 74.8 Å². The maximum atomic E-state index is 13.1. The predicted molar refractivity (Wildman–Crippen MR) is 120 cm³/mol. The highest BCUT2D eigenvalue weighted by atomic mass is 19.1. The molecule has 0 unspecified atom stereocenters. The minimum absolute atomic E-state index is 0.00191. The zero-order valence-electron chi connectivity index (χ0n) is 17.8. The van der Waals surface area contributed by atoms with Crippen molar-refractivity contribution >= 4 is 29.3 Å². The number of benzene rings is 1. The van der Waals surface area contributed by atoms with Crippen molar-refractivity contribution in [2.45, 2.75) is 26.3 Å². The van der Waals surface area contributed by atoms with Crippen LogP contribution in [0.4, 0.5) is 27.8 Å². The van der Waals surface area contributed by atoms with Crippen molar-refractivity contribution < 1.29 is 9.18 Å². The fourth-order valence-electron chi connectivity index (χ4n) is 3.61. The van der Waals surface area contributed by atoms with Crippen molar-refractivity contribution in [3.05, 3.63) is 59.8 Å². The molecule has 1 amide bonds. The summed E-state index contributed by atoms with van der Waals surface area (Å²) in [7, 11) is 0. The first-order valence-corrected chi connectivity index (χ1v) is 10.4. The number of pyridine rings is 1. The molecule has 1 aliphatic rings. The SMILES string of the molecule is Cc1ccnc(NC(=O)C2CCN(Cc3nc(N)nc(Nc4ccc(F)cc4)n3)CC2)c1. The third kappa shape index (κ3) is 5.73. The monoisotopic (exact) mass is 436 g/mol. The van der Waals surface area contributed by atoms with E-state index in [4.69, 9.17) is 5.73 Å². The molecule has 0 aliphatic carbocycles. The molecule has 4 rings (SSSR count). The maximum Gasteiger partial charge on any atom is 0.232 e. The number of likely N-dealkylation sites (tertiary alicyclic amines) is 1. The lowest BCUT2D eigenvalue weighted by molar-refractivity contribution is -0.121. The van der Waals surface area contributed by atoms with Crippen LogP contribution in [0.3, 0.4) is 0 Å². The van der Waals surface area contributed by atoms with Crippen molar-refractivity contribution in [3.63, 3.8) is 0 Å². The van der Waals surface area contributed by atoms with E-state index in [0.29, 0.717) is 29.8 Å². The van der Waals surface area contributed by atoms with Crippen molar-refractivity contribution in [1.82, 2.24) is 24.8 Å². The lowest BCUT2D eigenvalue weighted by Gasteiger charge is -2.30. The summed E-state index contributed by atoms with van der Waals surface area (Å²) in [6.07, 6.45) is 3.16. The van der Waals surface area contributed by atoms with Gasteiger partial charge in [0, 0.05) is 17.8 Å². The summed E-state index contributed by atoms with van der Waals surface area (Å²) in [4.78, 5) is 31.7. The van der Waals surface area contributed by atoms with E-state index >= 15 is 0 Å². The lowest BCUT2D eigenvalue weighted by Crippen LogP contribution is -2.38. The highest BCUT2D eigenvalue weighted by molar-refractivity contribution is 5.91. The lowest BCUT2D eigenvalue weighted by atomic mass is 9.96. The van der Waals surface area contributed by atoms with Crippen LogP contribution in [0.1, 0.15) is 24.2 Å². The van der Waals surface area contributed by atoms with Gasteiger partial charge >= 0.3 is 0 Å². The quantitative estimate of drug-likeness (QED) is 0.539. The Kier molecular flexibility index (Phi) is 6.50. The Hall–Kier alpha value is -3.66. The van der Waals surface area contributed by atoms with E-state index in [-0.39, 0.29) is 23.6 Å². The molecule has 0 atom stereocenters. The predicted octanol–water partition coefficient (Wildman–Crippen LogP) is 2.89. The Bertz CT molecular complexity index is 1080. The standard InChI is InChI=1S/C22H25FN8O/c1-14-6-9-25-18(12-14)27-20(32)15-7-10-31(11-8-15)13-19-28-21(24)30-22(29-19)26-17-4-2-16(23)3-5-17/h2-6,9,12,15H,7-8,10-11,13H2,1H3,(H,25,27,32)(H3,24,26,28,29,30). The van der Waals surface area contributed by atoms with Crippen LogP contribution in [0, 0.1) is 18.7 Å². The molecule has 0 spiro atoms. The van der Waals surface area contributed by atoms with Gasteiger partial charge in [-0.15, -0.1) is 0 Å². The van der Waals surface area contributed by atoms with Crippen molar-refractivity contribution in [2.24, 2.45) is 5.92 Å². The summed E-state index contributed by atoms with van der Waals surface area (Å²) < 4.78 is 13.1. The van der Waals surface area contributed by atoms with Gasteiger partial charge in [0.25, 0.3) is 0 Å². The molecule has 0 saturated carbocycles. The number of nitrogens with two attached hydrogens (primary N) is 1. The van der Waals surface area contributed by atoms with Gasteiger partial charge in [0.1, 0.15) is 17.5 Å². The van der Waals surface area contributed by atoms with Gasteiger partial charge in [0.2, 0.25) is 17.8 Å². The van der Waals surface area contributed by atoms with Gasteiger partial charge in [0.05, 0.1) is 6.54 Å². The summed E-state index contributed by atoms with van der Waals surface area (Å²) in [6.45, 7) is 3.94. The summed E-state index contributed by atoms with van der Waals surface area (Å²) in [6, 6.07) is 9.64. The highest BCUT2D eigenvalue weighted by Crippen LogP contribution is 2.21. The molecule has 32 heavy (non-hydrogen) atoms. The fraction of sp³-hybridized carbons (Fsp3) is 0.318. The van der Waals surface area contributed by atoms with E-state index < -0.39 is 0 Å². The molecule has 2 aromatic heterocycles. The second-order valence-corrected chi connectivity index (χ2v) is 7.82. The highest BCUT2D eigenvalue weighted by Gasteiger charge is 2.26. The molecule has 1 fully saturated rings. The van der Waals surface area contributed by atoms with Crippen molar-refractivity contribution in [3.8, 4) is 0 Å². The van der Waals surface area contributed by atoms with E-state index in [1.165, 1.54) is 12.1 Å². The maximum absolute atomic E-state index is 13.1. The van der Waals surface area contributed by atoms with Crippen LogP contribution in [-0.4, -0.2) is 43.8 Å². The van der Waals surface area contributed by atoms with Crippen LogP contribution in [0.2, 0.25) is 0 Å². The summed E-state index contributed by atoms with van der Waals surface area (Å²) in [5.41, 5.74) is 7.55. The largest absolute Gasteiger partial charge is 0.368 e. The molecule has 9 nitrogen and oxygen atoms in total. The molecule has 1 aliphatic heterocycles. The van der Waals surface area contributed by atoms with Crippen LogP contribution >= 0.6 is 0 Å². The fourth-order valence-corrected chi connectivity index (χ4v) is 3.61. The number of piperidine rings is 1. The first-order chi connectivity index (χ1) is 15.4. The number of aromatic nitrogens is 4. The zero-order chi connectivity index (χ0) is 22.5. The van der Waals surface area contributed by atoms with E-state index in [9.17, 15) is 9.18 Å². The van der Waals surface area contributed by atoms with Crippen LogP contribution in [0.25, 0.3) is 0 Å². The Morgan fingerprint density at radius 3 is 2.62 bits per heavy atom. The molecule has 3 heterocycles. The van der Waals surface area contributed by atoms with Crippen molar-refractivity contribution in [1.29, 1.82) is 0 Å². The van der Waals surface area contributed by atoms with Crippen LogP contribution in [0.5, 0.6) is 0 Å². The van der Waals surface area contributed by atoms with Gasteiger partial charge < -0.3 is 16.4 Å². The number of aryl methyl sites for hydroxylation is 1. The molecule has 1 saturated heterocycles. The Morgan fingerprint density at radius 1 is 1.16 bits per heavy atom. The first-order valence-electron chi connectivity index (χ1n) is 10.4. The third-order valence-electron chi connectivity index (χ3n) is 5.29. The minimum Gasteiger partial charge on any atom is -0.368 e. The number of hydrogen-bond donors (Lipinski definition) is 3. The summed E-state index contributed by atoms with van der Waals surface area (Å²) in [5.74, 6) is 1.15. The number of anilines is 4. The number of nitrogen functional groups attached to an aromatic ring is 1. The second kappa shape index (κ2) is 9.65. The van der Waals surface area contributed by atoms with Crippen molar-refractivity contribution in [2.75, 3.05) is 29.5 Å². The molecular formula is C22H25FN8O. The molecule has 3 aromatic rings. The Morgan fingerprint density at radius 2 is 1.91 bits per heavy atom. The molecule has 0 bridgehead atoms. The zero-order valence-corrected chi connectivity index (χ0v) is 17.8. The van der Waals surface area contributed by atoms with Crippen LogP contribution in [-0.2, 0) is 11.3 Å². The number of halogens is 1. The first kappa shape index (κ1) is 21.6. The van der Waals surface area contributed by atoms with E-state index in [2.05, 4.69) is 35.5 Å². The topological polar surface area (TPSA) is 122 Å². The molecule has 4 N–H and O–H groups in total. The van der Waals surface area contributed by atoms with Gasteiger partial charge in [-0.2, -0.15) is 15.0 Å². The van der Waals surface area contributed by atoms with Gasteiger partial charge in [-0.25, -0.2) is 9.37 Å². The van der Waals surface area contributed by atoms with Crippen LogP contribution < -0.4 is 16.4 Å². The average Bonchev–Trinajstić information content (AvgIpc) is 2.75. The van der Waals surface area contributed by atoms with Gasteiger partial charge in [-0.3, -0.25) is 9.69 Å². The number of carbonyl (C=O) groups excluding carboxylic acids is 1. The third-order valence-corrected chi connectivity index (χ3v) is 5.29. The molecule has 0 radical (unpaired) electrons. The van der Waals surface area contributed by atoms with E-state index in [1.54, 1.807) is 18.3 Å². The molecule has 10 heteroatoms.